The number of nitrogens with zero attached hydrogens (tertiary/aromatic N) is 1. The van der Waals surface area contributed by atoms with Crippen LogP contribution >= 0.6 is 23.1 Å². The molecule has 1 aromatic heterocycles. The Morgan fingerprint density at radius 2 is 1.96 bits per heavy atom. The molecule has 2 aromatic carbocycles. The molecule has 28 heavy (non-hydrogen) atoms. The number of para-hydroxylation sites is 1. The van der Waals surface area contributed by atoms with Crippen LogP contribution in [0, 0.1) is 11.7 Å². The molecule has 4 nitrogen and oxygen atoms in total. The Balaban J connectivity index is 1.53. The zero-order valence-corrected chi connectivity index (χ0v) is 16.4. The minimum atomic E-state index is -0.388. The molecule has 142 valence electrons. The highest BCUT2D eigenvalue weighted by Gasteiger charge is 2.39. The molecular formula is C21H16FNO3S2. The molecule has 3 heterocycles. The van der Waals surface area contributed by atoms with Gasteiger partial charge in [0, 0.05) is 33.6 Å². The summed E-state index contributed by atoms with van der Waals surface area (Å²) >= 11 is 2.84. The van der Waals surface area contributed by atoms with E-state index in [-0.39, 0.29) is 28.9 Å². The highest BCUT2D eigenvalue weighted by atomic mass is 32.2. The smallest absolute Gasteiger partial charge is 0.308 e. The van der Waals surface area contributed by atoms with E-state index in [1.165, 1.54) is 35.6 Å². The molecule has 0 saturated carbocycles. The Labute approximate surface area is 169 Å². The van der Waals surface area contributed by atoms with Crippen molar-refractivity contribution in [3.8, 4) is 5.75 Å². The van der Waals surface area contributed by atoms with Gasteiger partial charge in [-0.3, -0.25) is 14.2 Å². The van der Waals surface area contributed by atoms with E-state index in [1.54, 1.807) is 16.3 Å². The van der Waals surface area contributed by atoms with Crippen molar-refractivity contribution in [2.75, 3.05) is 12.4 Å². The van der Waals surface area contributed by atoms with Gasteiger partial charge in [-0.15, -0.1) is 11.8 Å². The van der Waals surface area contributed by atoms with Crippen LogP contribution in [0.1, 0.15) is 26.7 Å². The number of fused-ring (bicyclic) bond motifs is 5. The quantitative estimate of drug-likeness (QED) is 0.605. The maximum absolute atomic E-state index is 13.1. The Bertz CT molecular complexity index is 1120. The van der Waals surface area contributed by atoms with Gasteiger partial charge in [0.25, 0.3) is 0 Å². The van der Waals surface area contributed by atoms with Crippen LogP contribution in [0.3, 0.4) is 0 Å². The number of aromatic nitrogens is 1. The Morgan fingerprint density at radius 1 is 1.18 bits per heavy atom. The van der Waals surface area contributed by atoms with Crippen molar-refractivity contribution in [2.45, 2.75) is 17.5 Å². The summed E-state index contributed by atoms with van der Waals surface area (Å²) in [5.74, 6) is 1.57. The lowest BCUT2D eigenvalue weighted by Crippen LogP contribution is -2.31. The van der Waals surface area contributed by atoms with Crippen molar-refractivity contribution >= 4 is 28.9 Å². The van der Waals surface area contributed by atoms with Gasteiger partial charge in [-0.2, -0.15) is 0 Å². The van der Waals surface area contributed by atoms with E-state index in [2.05, 4.69) is 6.07 Å². The number of carbonyl (C=O) groups excluding carboxylic acids is 1. The predicted molar refractivity (Wildman–Crippen MR) is 107 cm³/mol. The number of ether oxygens (including phenoxy) is 1. The molecule has 0 unspecified atom stereocenters. The number of carbonyl (C=O) groups is 1. The third-order valence-electron chi connectivity index (χ3n) is 5.24. The molecule has 0 bridgehead atoms. The van der Waals surface area contributed by atoms with E-state index in [0.717, 1.165) is 27.0 Å². The molecule has 5 rings (SSSR count). The molecule has 0 spiro atoms. The molecule has 2 atom stereocenters. The number of ketones is 1. The van der Waals surface area contributed by atoms with Gasteiger partial charge in [0.15, 0.2) is 5.78 Å². The van der Waals surface area contributed by atoms with Crippen LogP contribution in [0.4, 0.5) is 4.39 Å². The fourth-order valence-corrected chi connectivity index (χ4v) is 6.55. The topological polar surface area (TPSA) is 48.3 Å². The summed E-state index contributed by atoms with van der Waals surface area (Å²) in [4.78, 5) is 26.3. The summed E-state index contributed by atoms with van der Waals surface area (Å²) in [6.45, 7) is 0.605. The van der Waals surface area contributed by atoms with Crippen molar-refractivity contribution in [1.29, 1.82) is 0 Å². The van der Waals surface area contributed by atoms with Crippen LogP contribution in [0.2, 0.25) is 0 Å². The predicted octanol–water partition coefficient (Wildman–Crippen LogP) is 4.18. The van der Waals surface area contributed by atoms with E-state index in [4.69, 9.17) is 4.74 Å². The zero-order chi connectivity index (χ0) is 19.3. The minimum Gasteiger partial charge on any atom is -0.493 e. The highest BCUT2D eigenvalue weighted by molar-refractivity contribution is 7.99. The summed E-state index contributed by atoms with van der Waals surface area (Å²) in [5, 5.41) is 0.878. The largest absolute Gasteiger partial charge is 0.493 e. The average molecular weight is 413 g/mol. The molecule has 0 aliphatic carbocycles. The molecule has 0 fully saturated rings. The van der Waals surface area contributed by atoms with E-state index in [1.807, 2.05) is 18.2 Å². The van der Waals surface area contributed by atoms with Crippen LogP contribution < -0.4 is 9.61 Å². The van der Waals surface area contributed by atoms with Crippen molar-refractivity contribution in [1.82, 2.24) is 4.57 Å². The van der Waals surface area contributed by atoms with E-state index in [9.17, 15) is 14.0 Å². The third-order valence-corrected chi connectivity index (χ3v) is 7.74. The molecule has 2 aliphatic heterocycles. The molecule has 2 aliphatic rings. The summed E-state index contributed by atoms with van der Waals surface area (Å²) < 4.78 is 20.6. The number of thiazole rings is 1. The number of hydrogen-bond donors (Lipinski definition) is 0. The lowest BCUT2D eigenvalue weighted by Gasteiger charge is -2.36. The molecule has 0 saturated heterocycles. The summed E-state index contributed by atoms with van der Waals surface area (Å²) in [5.41, 5.74) is 1.52. The fourth-order valence-electron chi connectivity index (χ4n) is 3.86. The van der Waals surface area contributed by atoms with Crippen LogP contribution in [0.15, 0.2) is 58.4 Å². The average Bonchev–Trinajstić information content (AvgIpc) is 3.03. The molecule has 3 aromatic rings. The summed E-state index contributed by atoms with van der Waals surface area (Å²) in [7, 11) is 0. The zero-order valence-electron chi connectivity index (χ0n) is 14.8. The normalized spacial score (nSPS) is 19.9. The van der Waals surface area contributed by atoms with Crippen molar-refractivity contribution < 1.29 is 13.9 Å². The molecule has 0 radical (unpaired) electrons. The van der Waals surface area contributed by atoms with Crippen LogP contribution in [0.25, 0.3) is 0 Å². The Morgan fingerprint density at radius 3 is 2.79 bits per heavy atom. The Hall–Kier alpha value is -2.38. The first-order valence-corrected chi connectivity index (χ1v) is 10.8. The van der Waals surface area contributed by atoms with Crippen LogP contribution in [0.5, 0.6) is 5.75 Å². The van der Waals surface area contributed by atoms with Crippen molar-refractivity contribution in [3.63, 3.8) is 0 Å². The molecule has 7 heteroatoms. The van der Waals surface area contributed by atoms with Crippen LogP contribution in [-0.4, -0.2) is 22.7 Å². The number of hydrogen-bond acceptors (Lipinski definition) is 5. The third kappa shape index (κ3) is 2.89. The number of thioether (sulfide) groups is 1. The van der Waals surface area contributed by atoms with Gasteiger partial charge in [-0.05, 0) is 30.3 Å². The van der Waals surface area contributed by atoms with E-state index in [0.29, 0.717) is 18.1 Å². The van der Waals surface area contributed by atoms with Gasteiger partial charge in [-0.1, -0.05) is 29.5 Å². The highest BCUT2D eigenvalue weighted by Crippen LogP contribution is 2.50. The van der Waals surface area contributed by atoms with Gasteiger partial charge < -0.3 is 4.74 Å². The van der Waals surface area contributed by atoms with Crippen molar-refractivity contribution in [2.24, 2.45) is 5.92 Å². The molecule has 0 N–H and O–H groups in total. The van der Waals surface area contributed by atoms with Gasteiger partial charge in [0.1, 0.15) is 11.6 Å². The summed E-state index contributed by atoms with van der Waals surface area (Å²) in [6, 6.07) is 13.4. The molecule has 0 amide bonds. The second-order valence-corrected chi connectivity index (χ2v) is 8.95. The Kier molecular flexibility index (Phi) is 4.36. The lowest BCUT2D eigenvalue weighted by molar-refractivity contribution is 0.0968. The number of rotatable bonds is 3. The first-order valence-electron chi connectivity index (χ1n) is 8.98. The lowest BCUT2D eigenvalue weighted by atomic mass is 9.84. The number of benzene rings is 2. The van der Waals surface area contributed by atoms with Crippen molar-refractivity contribution in [3.05, 3.63) is 80.0 Å². The minimum absolute atomic E-state index is 0.0289. The van der Waals surface area contributed by atoms with Gasteiger partial charge in [0.05, 0.1) is 18.2 Å². The first-order chi connectivity index (χ1) is 13.6. The van der Waals surface area contributed by atoms with E-state index >= 15 is 0 Å². The molecular weight excluding hydrogens is 397 g/mol. The maximum atomic E-state index is 13.1. The van der Waals surface area contributed by atoms with E-state index < -0.39 is 0 Å². The summed E-state index contributed by atoms with van der Waals surface area (Å²) in [6.07, 6.45) is 0. The SMILES string of the molecule is O=C(Cn1c2c(sc1=O)[C@@H]1c3ccccc3OC[C@H]1CS2)c1ccc(F)cc1. The monoisotopic (exact) mass is 413 g/mol. The standard InChI is InChI=1S/C21H16FNO3S2/c22-14-7-5-12(6-8-14)16(24)9-23-20-19(28-21(23)25)18-13(11-27-20)10-26-17-4-2-1-3-15(17)18/h1-8,13,18H,9-11H2/t13-,18-/m0/s1. The van der Waals surface area contributed by atoms with Gasteiger partial charge in [0.2, 0.25) is 0 Å². The second kappa shape index (κ2) is 6.90. The second-order valence-electron chi connectivity index (χ2n) is 6.95. The first kappa shape index (κ1) is 17.7. The van der Waals surface area contributed by atoms with Crippen LogP contribution in [-0.2, 0) is 6.54 Å². The number of Topliss-reactive ketones (excluding diaryl/α,β-unsaturated/α-hetero) is 1. The van der Waals surface area contributed by atoms with Gasteiger partial charge >= 0.3 is 4.87 Å². The fraction of sp³-hybridized carbons (Fsp3) is 0.238. The maximum Gasteiger partial charge on any atom is 0.308 e. The number of halogens is 1. The van der Waals surface area contributed by atoms with Gasteiger partial charge in [-0.25, -0.2) is 4.39 Å².